The molecule has 1 atom stereocenters. The van der Waals surface area contributed by atoms with Crippen LogP contribution in [0.25, 0.3) is 0 Å². The zero-order valence-electron chi connectivity index (χ0n) is 11.2. The number of nitrogens with two attached hydrogens (primary N) is 1. The number of hydrogen-bond acceptors (Lipinski definition) is 2. The fraction of sp³-hybridized carbons (Fsp3) is 0.615. The van der Waals surface area contributed by atoms with Crippen LogP contribution in [-0.4, -0.2) is 10.5 Å². The molecule has 4 nitrogen and oxygen atoms in total. The molecule has 1 amide bonds. The van der Waals surface area contributed by atoms with Crippen LogP contribution in [0.5, 0.6) is 0 Å². The van der Waals surface area contributed by atoms with Gasteiger partial charge in [0, 0.05) is 11.7 Å². The molecule has 0 radical (unpaired) electrons. The molecule has 3 N–H and O–H groups in total. The summed E-state index contributed by atoms with van der Waals surface area (Å²) in [6.45, 7) is 8.60. The van der Waals surface area contributed by atoms with Crippen molar-refractivity contribution in [3.05, 3.63) is 23.5 Å². The summed E-state index contributed by atoms with van der Waals surface area (Å²) in [6.07, 6.45) is 1.97. The van der Waals surface area contributed by atoms with Crippen molar-refractivity contribution in [2.24, 2.45) is 11.8 Å². The van der Waals surface area contributed by atoms with Gasteiger partial charge in [-0.25, -0.2) is 5.84 Å². The van der Waals surface area contributed by atoms with Gasteiger partial charge >= 0.3 is 0 Å². The third-order valence-corrected chi connectivity index (χ3v) is 3.02. The molecule has 1 rings (SSSR count). The number of nitrogens with one attached hydrogen (secondary N) is 1. The van der Waals surface area contributed by atoms with Crippen LogP contribution in [0.15, 0.2) is 12.1 Å². The number of amides is 1. The molecule has 1 aromatic rings. The number of carbonyl (C=O) groups is 1. The van der Waals surface area contributed by atoms with E-state index in [9.17, 15) is 4.79 Å². The number of rotatable bonds is 5. The molecule has 0 aliphatic rings. The van der Waals surface area contributed by atoms with Crippen molar-refractivity contribution in [2.75, 3.05) is 0 Å². The summed E-state index contributed by atoms with van der Waals surface area (Å²) in [5, 5.41) is 0. The van der Waals surface area contributed by atoms with Gasteiger partial charge in [0.2, 0.25) is 0 Å². The minimum atomic E-state index is -0.222. The molecule has 0 saturated carbocycles. The maximum Gasteiger partial charge on any atom is 0.281 e. The van der Waals surface area contributed by atoms with Gasteiger partial charge in [-0.3, -0.25) is 10.2 Å². The first-order chi connectivity index (χ1) is 8.01. The topological polar surface area (TPSA) is 60.0 Å². The van der Waals surface area contributed by atoms with Crippen molar-refractivity contribution in [1.82, 2.24) is 9.99 Å². The molecule has 96 valence electrons. The second-order valence-corrected chi connectivity index (χ2v) is 4.91. The van der Waals surface area contributed by atoms with E-state index in [1.165, 1.54) is 5.69 Å². The minimum Gasteiger partial charge on any atom is -0.338 e. The first-order valence-electron chi connectivity index (χ1n) is 6.22. The molecule has 4 heteroatoms. The summed E-state index contributed by atoms with van der Waals surface area (Å²) in [4.78, 5) is 11.7. The predicted octanol–water partition coefficient (Wildman–Crippen LogP) is 2.26. The Labute approximate surface area is 103 Å². The van der Waals surface area contributed by atoms with Gasteiger partial charge in [0.15, 0.2) is 0 Å². The van der Waals surface area contributed by atoms with Crippen molar-refractivity contribution in [3.8, 4) is 0 Å². The molecular weight excluding hydrogens is 214 g/mol. The molecule has 0 spiro atoms. The summed E-state index contributed by atoms with van der Waals surface area (Å²) in [6, 6.07) is 4.19. The lowest BCUT2D eigenvalue weighted by Crippen LogP contribution is -2.32. The highest BCUT2D eigenvalue weighted by Gasteiger charge is 2.17. The molecule has 17 heavy (non-hydrogen) atoms. The van der Waals surface area contributed by atoms with E-state index >= 15 is 0 Å². The van der Waals surface area contributed by atoms with E-state index < -0.39 is 0 Å². The van der Waals surface area contributed by atoms with E-state index in [1.807, 2.05) is 12.1 Å². The third-order valence-electron chi connectivity index (χ3n) is 3.02. The quantitative estimate of drug-likeness (QED) is 0.469. The van der Waals surface area contributed by atoms with Gasteiger partial charge in [-0.05, 0) is 37.8 Å². The van der Waals surface area contributed by atoms with Gasteiger partial charge in [-0.2, -0.15) is 0 Å². The maximum absolute atomic E-state index is 11.7. The van der Waals surface area contributed by atoms with Crippen LogP contribution in [0, 0.1) is 5.92 Å². The highest BCUT2D eigenvalue weighted by molar-refractivity contribution is 5.92. The normalized spacial score (nSPS) is 12.8. The van der Waals surface area contributed by atoms with Crippen LogP contribution < -0.4 is 11.3 Å². The predicted molar refractivity (Wildman–Crippen MR) is 69.6 cm³/mol. The molecule has 1 aromatic heterocycles. The van der Waals surface area contributed by atoms with Crippen molar-refractivity contribution in [2.45, 2.75) is 46.6 Å². The molecule has 0 aromatic carbocycles. The van der Waals surface area contributed by atoms with Crippen LogP contribution in [0.4, 0.5) is 0 Å². The van der Waals surface area contributed by atoms with Gasteiger partial charge < -0.3 is 4.57 Å². The van der Waals surface area contributed by atoms with Gasteiger partial charge in [-0.1, -0.05) is 20.8 Å². The van der Waals surface area contributed by atoms with Gasteiger partial charge in [0.05, 0.1) is 0 Å². The molecule has 0 bridgehead atoms. The fourth-order valence-corrected chi connectivity index (χ4v) is 2.04. The number of hydrogen-bond donors (Lipinski definition) is 2. The first kappa shape index (κ1) is 13.8. The van der Waals surface area contributed by atoms with E-state index in [4.69, 9.17) is 5.84 Å². The van der Waals surface area contributed by atoms with Crippen LogP contribution >= 0.6 is 0 Å². The molecule has 0 saturated heterocycles. The van der Waals surface area contributed by atoms with Crippen molar-refractivity contribution in [3.63, 3.8) is 0 Å². The fourth-order valence-electron chi connectivity index (χ4n) is 2.04. The van der Waals surface area contributed by atoms with E-state index in [0.29, 0.717) is 17.7 Å². The van der Waals surface area contributed by atoms with E-state index in [2.05, 4.69) is 37.7 Å². The Morgan fingerprint density at radius 1 is 1.41 bits per heavy atom. The molecular formula is C13H23N3O. The summed E-state index contributed by atoms with van der Waals surface area (Å²) >= 11 is 0. The van der Waals surface area contributed by atoms with Crippen molar-refractivity contribution >= 4 is 5.91 Å². The Hall–Kier alpha value is -1.29. The zero-order valence-corrected chi connectivity index (χ0v) is 11.2. The molecule has 0 aliphatic heterocycles. The summed E-state index contributed by atoms with van der Waals surface area (Å²) in [5.41, 5.74) is 4.06. The largest absolute Gasteiger partial charge is 0.338 e. The van der Waals surface area contributed by atoms with Crippen LogP contribution in [0.2, 0.25) is 0 Å². The number of carbonyl (C=O) groups excluding carboxylic acids is 1. The zero-order chi connectivity index (χ0) is 13.0. The molecule has 1 heterocycles. The number of nitrogens with zero attached hydrogens (tertiary/aromatic N) is 1. The maximum atomic E-state index is 11.7. The van der Waals surface area contributed by atoms with E-state index in [0.717, 1.165) is 12.8 Å². The Kier molecular flexibility index (Phi) is 4.75. The van der Waals surface area contributed by atoms with Gasteiger partial charge in [0.25, 0.3) is 5.91 Å². The Morgan fingerprint density at radius 3 is 2.53 bits per heavy atom. The summed E-state index contributed by atoms with van der Waals surface area (Å²) in [5.74, 6) is 5.56. The van der Waals surface area contributed by atoms with Crippen molar-refractivity contribution < 1.29 is 4.79 Å². The smallest absolute Gasteiger partial charge is 0.281 e. The van der Waals surface area contributed by atoms with Crippen LogP contribution in [-0.2, 0) is 6.42 Å². The Balaban J connectivity index is 3.14. The number of nitrogen functional groups attached to an aromatic ring is 1. The lowest BCUT2D eigenvalue weighted by molar-refractivity contribution is 0.0942. The van der Waals surface area contributed by atoms with Gasteiger partial charge in [-0.15, -0.1) is 0 Å². The lowest BCUT2D eigenvalue weighted by Gasteiger charge is -2.19. The summed E-state index contributed by atoms with van der Waals surface area (Å²) < 4.78 is 2.10. The monoisotopic (exact) mass is 237 g/mol. The second kappa shape index (κ2) is 5.87. The minimum absolute atomic E-state index is 0.222. The molecule has 0 aliphatic carbocycles. The number of aromatic nitrogens is 1. The van der Waals surface area contributed by atoms with Crippen LogP contribution in [0.1, 0.15) is 56.3 Å². The Morgan fingerprint density at radius 2 is 2.06 bits per heavy atom. The van der Waals surface area contributed by atoms with E-state index in [-0.39, 0.29) is 5.91 Å². The molecule has 0 fully saturated rings. The average Bonchev–Trinajstić information content (AvgIpc) is 2.69. The second-order valence-electron chi connectivity index (χ2n) is 4.91. The Bertz CT molecular complexity index is 382. The average molecular weight is 237 g/mol. The SMILES string of the molecule is CCC(C)n1c(CC(C)C)ccc1C(=O)NN. The van der Waals surface area contributed by atoms with Crippen molar-refractivity contribution in [1.29, 1.82) is 0 Å². The first-order valence-corrected chi connectivity index (χ1v) is 6.22. The van der Waals surface area contributed by atoms with Crippen LogP contribution in [0.3, 0.4) is 0 Å². The summed E-state index contributed by atoms with van der Waals surface area (Å²) in [7, 11) is 0. The number of hydrazine groups is 1. The van der Waals surface area contributed by atoms with Gasteiger partial charge in [0.1, 0.15) is 5.69 Å². The van der Waals surface area contributed by atoms with E-state index in [1.54, 1.807) is 0 Å². The molecule has 1 unspecified atom stereocenters. The lowest BCUT2D eigenvalue weighted by atomic mass is 10.1. The highest BCUT2D eigenvalue weighted by atomic mass is 16.2. The highest BCUT2D eigenvalue weighted by Crippen LogP contribution is 2.21. The third kappa shape index (κ3) is 3.09. The standard InChI is InChI=1S/C13H23N3O/c1-5-10(4)16-11(8-9(2)3)6-7-12(16)13(17)15-14/h6-7,9-10H,5,8,14H2,1-4H3,(H,15,17).